The van der Waals surface area contributed by atoms with Crippen molar-refractivity contribution in [3.05, 3.63) is 39.9 Å². The lowest BCUT2D eigenvalue weighted by Gasteiger charge is -2.28. The largest absolute Gasteiger partial charge is 0.387 e. The monoisotopic (exact) mass is 292 g/mol. The second-order valence-corrected chi connectivity index (χ2v) is 6.06. The Kier molecular flexibility index (Phi) is 5.31. The molecule has 0 heterocycles. The van der Waals surface area contributed by atoms with E-state index < -0.39 is 11.0 Å². The van der Waals surface area contributed by atoms with Crippen LogP contribution in [0.25, 0.3) is 0 Å². The number of benzene rings is 1. The Balaban J connectivity index is 1.84. The molecule has 5 nitrogen and oxygen atoms in total. The van der Waals surface area contributed by atoms with E-state index in [2.05, 4.69) is 12.2 Å². The molecule has 1 aliphatic carbocycles. The van der Waals surface area contributed by atoms with Gasteiger partial charge in [-0.1, -0.05) is 19.8 Å². The summed E-state index contributed by atoms with van der Waals surface area (Å²) in [5, 5.41) is 24.1. The van der Waals surface area contributed by atoms with Crippen molar-refractivity contribution in [3.8, 4) is 0 Å². The van der Waals surface area contributed by atoms with Crippen LogP contribution in [0.15, 0.2) is 24.3 Å². The molecule has 21 heavy (non-hydrogen) atoms. The van der Waals surface area contributed by atoms with Crippen molar-refractivity contribution in [1.82, 2.24) is 5.32 Å². The minimum atomic E-state index is -0.624. The predicted molar refractivity (Wildman–Crippen MR) is 82.1 cm³/mol. The zero-order valence-corrected chi connectivity index (χ0v) is 12.5. The Morgan fingerprint density at radius 3 is 2.48 bits per heavy atom. The maximum absolute atomic E-state index is 10.6. The molecule has 1 aromatic carbocycles. The molecular weight excluding hydrogens is 268 g/mol. The summed E-state index contributed by atoms with van der Waals surface area (Å²) < 4.78 is 0. The molecule has 5 heteroatoms. The van der Waals surface area contributed by atoms with Gasteiger partial charge in [-0.05, 0) is 42.4 Å². The normalized spacial score (nSPS) is 18.6. The highest BCUT2D eigenvalue weighted by atomic mass is 16.6. The number of nitro groups is 1. The summed E-state index contributed by atoms with van der Waals surface area (Å²) in [6.45, 7) is 3.66. The lowest BCUT2D eigenvalue weighted by Crippen LogP contribution is -2.34. The molecule has 0 radical (unpaired) electrons. The summed E-state index contributed by atoms with van der Waals surface area (Å²) in [5.41, 5.74) is 1.16. The minimum Gasteiger partial charge on any atom is -0.387 e. The van der Waals surface area contributed by atoms with Crippen LogP contribution in [0.4, 0.5) is 5.69 Å². The zero-order valence-electron chi connectivity index (χ0n) is 12.5. The number of aliphatic hydroxyl groups is 1. The molecule has 1 saturated carbocycles. The first kappa shape index (κ1) is 15.9. The number of aliphatic hydroxyl groups excluding tert-OH is 1. The van der Waals surface area contributed by atoms with Gasteiger partial charge in [-0.2, -0.15) is 0 Å². The van der Waals surface area contributed by atoms with Crippen LogP contribution in [0, 0.1) is 15.5 Å². The summed E-state index contributed by atoms with van der Waals surface area (Å²) >= 11 is 0. The van der Waals surface area contributed by atoms with Gasteiger partial charge in [0, 0.05) is 25.2 Å². The van der Waals surface area contributed by atoms with Gasteiger partial charge in [0.05, 0.1) is 11.0 Å². The van der Waals surface area contributed by atoms with Gasteiger partial charge < -0.3 is 10.4 Å². The Labute approximate surface area is 125 Å². The first-order chi connectivity index (χ1) is 10.1. The van der Waals surface area contributed by atoms with E-state index >= 15 is 0 Å². The van der Waals surface area contributed by atoms with Crippen LogP contribution >= 0.6 is 0 Å². The number of non-ortho nitro benzene ring substituents is 1. The smallest absolute Gasteiger partial charge is 0.269 e. The number of nitrogens with one attached hydrogen (secondary N) is 1. The van der Waals surface area contributed by atoms with Crippen molar-refractivity contribution in [2.45, 2.75) is 45.1 Å². The molecular formula is C16H24N2O3. The molecule has 0 bridgehead atoms. The third-order valence-electron chi connectivity index (χ3n) is 4.74. The van der Waals surface area contributed by atoms with Gasteiger partial charge in [0.2, 0.25) is 0 Å². The van der Waals surface area contributed by atoms with Crippen LogP contribution in [0.1, 0.15) is 50.7 Å². The van der Waals surface area contributed by atoms with E-state index in [1.165, 1.54) is 44.2 Å². The molecule has 0 saturated heterocycles. The fourth-order valence-corrected chi connectivity index (χ4v) is 3.19. The molecule has 2 N–H and O–H groups in total. The van der Waals surface area contributed by atoms with Crippen molar-refractivity contribution < 1.29 is 10.0 Å². The van der Waals surface area contributed by atoms with Gasteiger partial charge in [-0.3, -0.25) is 10.1 Å². The maximum atomic E-state index is 10.6. The highest BCUT2D eigenvalue weighted by molar-refractivity contribution is 5.33. The van der Waals surface area contributed by atoms with Crippen molar-refractivity contribution in [2.24, 2.45) is 5.41 Å². The number of nitro benzene ring substituents is 1. The second-order valence-electron chi connectivity index (χ2n) is 6.06. The first-order valence-corrected chi connectivity index (χ1v) is 7.69. The molecule has 0 spiro atoms. The molecule has 116 valence electrons. The van der Waals surface area contributed by atoms with Crippen LogP contribution in [0.2, 0.25) is 0 Å². The summed E-state index contributed by atoms with van der Waals surface area (Å²) in [4.78, 5) is 10.2. The van der Waals surface area contributed by atoms with E-state index in [0.717, 1.165) is 6.54 Å². The van der Waals surface area contributed by atoms with Crippen LogP contribution in [-0.4, -0.2) is 23.1 Å². The molecule has 0 amide bonds. The van der Waals surface area contributed by atoms with Crippen LogP contribution in [-0.2, 0) is 0 Å². The average molecular weight is 292 g/mol. The number of rotatable bonds is 7. The molecule has 1 unspecified atom stereocenters. The molecule has 1 aliphatic rings. The summed E-state index contributed by atoms with van der Waals surface area (Å²) in [6.07, 6.45) is 5.70. The highest BCUT2D eigenvalue weighted by Crippen LogP contribution is 2.40. The van der Waals surface area contributed by atoms with E-state index in [-0.39, 0.29) is 5.69 Å². The van der Waals surface area contributed by atoms with Crippen LogP contribution < -0.4 is 5.32 Å². The Bertz CT molecular complexity index is 467. The zero-order chi connectivity index (χ0) is 15.3. The van der Waals surface area contributed by atoms with Gasteiger partial charge in [0.15, 0.2) is 0 Å². The highest BCUT2D eigenvalue weighted by Gasteiger charge is 2.31. The maximum Gasteiger partial charge on any atom is 0.269 e. The Morgan fingerprint density at radius 2 is 1.95 bits per heavy atom. The quantitative estimate of drug-likeness (QED) is 0.598. The van der Waals surface area contributed by atoms with Gasteiger partial charge in [0.25, 0.3) is 5.69 Å². The Morgan fingerprint density at radius 1 is 1.33 bits per heavy atom. The lowest BCUT2D eigenvalue weighted by atomic mass is 9.83. The third kappa shape index (κ3) is 4.02. The average Bonchev–Trinajstić information content (AvgIpc) is 2.96. The predicted octanol–water partition coefficient (Wildman–Crippen LogP) is 3.19. The summed E-state index contributed by atoms with van der Waals surface area (Å²) in [6, 6.07) is 6.11. The SMILES string of the molecule is CCC1(CNCC(O)c2ccc([N+](=O)[O-])cc2)CCCC1. The molecule has 1 aromatic rings. The molecule has 0 aliphatic heterocycles. The van der Waals surface area contributed by atoms with Crippen molar-refractivity contribution in [1.29, 1.82) is 0 Å². The molecule has 1 fully saturated rings. The molecule has 2 rings (SSSR count). The van der Waals surface area contributed by atoms with E-state index in [0.29, 0.717) is 17.5 Å². The van der Waals surface area contributed by atoms with Crippen LogP contribution in [0.5, 0.6) is 0 Å². The van der Waals surface area contributed by atoms with Gasteiger partial charge >= 0.3 is 0 Å². The summed E-state index contributed by atoms with van der Waals surface area (Å²) in [5.74, 6) is 0. The third-order valence-corrected chi connectivity index (χ3v) is 4.74. The van der Waals surface area contributed by atoms with Crippen LogP contribution in [0.3, 0.4) is 0 Å². The fraction of sp³-hybridized carbons (Fsp3) is 0.625. The summed E-state index contributed by atoms with van der Waals surface area (Å²) in [7, 11) is 0. The van der Waals surface area contributed by atoms with Crippen molar-refractivity contribution >= 4 is 5.69 Å². The van der Waals surface area contributed by atoms with Gasteiger partial charge in [-0.15, -0.1) is 0 Å². The lowest BCUT2D eigenvalue weighted by molar-refractivity contribution is -0.384. The van der Waals surface area contributed by atoms with E-state index in [1.807, 2.05) is 0 Å². The standard InChI is InChI=1S/C16H24N2O3/c1-2-16(9-3-4-10-16)12-17-11-15(19)13-5-7-14(8-6-13)18(20)21/h5-8,15,17,19H,2-4,9-12H2,1H3. The Hall–Kier alpha value is -1.46. The number of nitrogens with zero attached hydrogens (tertiary/aromatic N) is 1. The van der Waals surface area contributed by atoms with E-state index in [9.17, 15) is 15.2 Å². The van der Waals surface area contributed by atoms with Crippen molar-refractivity contribution in [2.75, 3.05) is 13.1 Å². The number of hydrogen-bond acceptors (Lipinski definition) is 4. The first-order valence-electron chi connectivity index (χ1n) is 7.69. The fourth-order valence-electron chi connectivity index (χ4n) is 3.19. The van der Waals surface area contributed by atoms with E-state index in [1.54, 1.807) is 12.1 Å². The minimum absolute atomic E-state index is 0.0507. The van der Waals surface area contributed by atoms with Crippen molar-refractivity contribution in [3.63, 3.8) is 0 Å². The molecule has 1 atom stereocenters. The molecule has 0 aromatic heterocycles. The van der Waals surface area contributed by atoms with Gasteiger partial charge in [-0.25, -0.2) is 0 Å². The number of hydrogen-bond donors (Lipinski definition) is 2. The second kappa shape index (κ2) is 7.00. The van der Waals surface area contributed by atoms with E-state index in [4.69, 9.17) is 0 Å². The van der Waals surface area contributed by atoms with Gasteiger partial charge in [0.1, 0.15) is 0 Å². The topological polar surface area (TPSA) is 75.4 Å².